The number of H-pyrrole nitrogens is 1. The SMILES string of the molecule is [C-]#[N+]c1cnn(-c2ccccn2)c1/N=N/c1c(C)nn2c(C)n[nH]c12. The van der Waals surface area contributed by atoms with E-state index in [0.29, 0.717) is 28.7 Å². The number of nitrogens with one attached hydrogen (secondary N) is 1. The molecule has 0 spiro atoms. The van der Waals surface area contributed by atoms with Gasteiger partial charge in [0.05, 0.1) is 18.5 Å². The van der Waals surface area contributed by atoms with E-state index in [-0.39, 0.29) is 5.69 Å². The van der Waals surface area contributed by atoms with Crippen molar-refractivity contribution in [2.24, 2.45) is 10.2 Å². The Labute approximate surface area is 141 Å². The minimum Gasteiger partial charge on any atom is -0.258 e. The van der Waals surface area contributed by atoms with Crippen molar-refractivity contribution in [3.05, 3.63) is 53.5 Å². The molecule has 0 aliphatic rings. The number of nitrogens with zero attached hydrogens (tertiary/aromatic N) is 9. The van der Waals surface area contributed by atoms with Crippen molar-refractivity contribution in [1.82, 2.24) is 34.6 Å². The molecule has 0 aromatic carbocycles. The molecule has 10 heteroatoms. The van der Waals surface area contributed by atoms with Gasteiger partial charge in [0.2, 0.25) is 0 Å². The van der Waals surface area contributed by atoms with Crippen molar-refractivity contribution >= 4 is 22.8 Å². The number of aromatic amines is 1. The van der Waals surface area contributed by atoms with Crippen LogP contribution < -0.4 is 0 Å². The lowest BCUT2D eigenvalue weighted by molar-refractivity contribution is 0.839. The van der Waals surface area contributed by atoms with E-state index < -0.39 is 0 Å². The summed E-state index contributed by atoms with van der Waals surface area (Å²) in [5.74, 6) is 1.59. The molecule has 4 heterocycles. The Morgan fingerprint density at radius 1 is 1.24 bits per heavy atom. The van der Waals surface area contributed by atoms with E-state index in [1.54, 1.807) is 22.8 Å². The van der Waals surface area contributed by atoms with Crippen LogP contribution >= 0.6 is 0 Å². The molecule has 0 aliphatic carbocycles. The van der Waals surface area contributed by atoms with E-state index in [1.807, 2.05) is 19.9 Å². The zero-order valence-electron chi connectivity index (χ0n) is 13.4. The molecule has 0 aliphatic heterocycles. The quantitative estimate of drug-likeness (QED) is 0.459. The van der Waals surface area contributed by atoms with E-state index in [2.05, 4.69) is 40.5 Å². The molecule has 4 aromatic heterocycles. The second-order valence-corrected chi connectivity index (χ2v) is 5.23. The van der Waals surface area contributed by atoms with Crippen LogP contribution in [0.15, 0.2) is 40.8 Å². The number of aryl methyl sites for hydroxylation is 2. The molecule has 4 rings (SSSR count). The third kappa shape index (κ3) is 2.34. The zero-order valence-corrected chi connectivity index (χ0v) is 13.4. The first-order valence-corrected chi connectivity index (χ1v) is 7.38. The van der Waals surface area contributed by atoms with Crippen LogP contribution in [0.3, 0.4) is 0 Å². The first-order chi connectivity index (χ1) is 12.2. The molecular weight excluding hydrogens is 320 g/mol. The van der Waals surface area contributed by atoms with E-state index in [4.69, 9.17) is 6.57 Å². The van der Waals surface area contributed by atoms with Gasteiger partial charge in [-0.15, -0.1) is 10.2 Å². The Kier molecular flexibility index (Phi) is 3.32. The van der Waals surface area contributed by atoms with E-state index in [9.17, 15) is 0 Å². The van der Waals surface area contributed by atoms with Gasteiger partial charge in [-0.2, -0.15) is 19.8 Å². The van der Waals surface area contributed by atoms with Crippen LogP contribution in [-0.4, -0.2) is 34.6 Å². The fourth-order valence-electron chi connectivity index (χ4n) is 2.40. The number of aromatic nitrogens is 7. The molecule has 1 N–H and O–H groups in total. The average Bonchev–Trinajstić information content (AvgIpc) is 3.29. The summed E-state index contributed by atoms with van der Waals surface area (Å²) in [4.78, 5) is 7.69. The van der Waals surface area contributed by atoms with Gasteiger partial charge >= 0.3 is 0 Å². The standard InChI is InChI=1S/C15H12N10/c1-9-13(15-22-19-10(2)24(15)23-9)20-21-14-11(16-3)8-18-25(14)12-6-4-5-7-17-12/h4-8,22H,1-2H3/b21-20+. The molecule has 0 bridgehead atoms. The van der Waals surface area contributed by atoms with Crippen LogP contribution in [0.4, 0.5) is 17.2 Å². The maximum Gasteiger partial charge on any atom is 0.252 e. The van der Waals surface area contributed by atoms with Crippen molar-refractivity contribution in [3.8, 4) is 5.82 Å². The van der Waals surface area contributed by atoms with Gasteiger partial charge in [-0.3, -0.25) is 5.10 Å². The third-order valence-corrected chi connectivity index (χ3v) is 3.62. The maximum absolute atomic E-state index is 7.31. The third-order valence-electron chi connectivity index (χ3n) is 3.62. The molecule has 0 fully saturated rings. The van der Waals surface area contributed by atoms with E-state index in [1.165, 1.54) is 10.9 Å². The molecule has 4 aromatic rings. The number of azo groups is 1. The van der Waals surface area contributed by atoms with E-state index >= 15 is 0 Å². The minimum absolute atomic E-state index is 0.288. The summed E-state index contributed by atoms with van der Waals surface area (Å²) < 4.78 is 3.14. The molecular formula is C15H12N10. The van der Waals surface area contributed by atoms with Crippen molar-refractivity contribution in [1.29, 1.82) is 0 Å². The molecule has 0 unspecified atom stereocenters. The van der Waals surface area contributed by atoms with Crippen molar-refractivity contribution in [3.63, 3.8) is 0 Å². The Morgan fingerprint density at radius 2 is 2.12 bits per heavy atom. The van der Waals surface area contributed by atoms with Gasteiger partial charge in [-0.1, -0.05) is 6.07 Å². The number of rotatable bonds is 3. The molecule has 0 radical (unpaired) electrons. The normalized spacial score (nSPS) is 11.4. The summed E-state index contributed by atoms with van der Waals surface area (Å²) >= 11 is 0. The van der Waals surface area contributed by atoms with Crippen molar-refractivity contribution < 1.29 is 0 Å². The van der Waals surface area contributed by atoms with Crippen LogP contribution in [0.1, 0.15) is 11.5 Å². The van der Waals surface area contributed by atoms with Crippen LogP contribution in [0.2, 0.25) is 0 Å². The lowest BCUT2D eigenvalue weighted by atomic mass is 10.4. The number of hydrogen-bond acceptors (Lipinski definition) is 6. The number of hydrogen-bond donors (Lipinski definition) is 1. The Hall–Kier alpha value is -3.87. The second-order valence-electron chi connectivity index (χ2n) is 5.23. The summed E-state index contributed by atoms with van der Waals surface area (Å²) in [7, 11) is 0. The number of fused-ring (bicyclic) bond motifs is 1. The highest BCUT2D eigenvalue weighted by Crippen LogP contribution is 2.32. The summed E-state index contributed by atoms with van der Waals surface area (Å²) in [6.07, 6.45) is 3.09. The van der Waals surface area contributed by atoms with Gasteiger partial charge in [0, 0.05) is 6.20 Å². The Morgan fingerprint density at radius 3 is 2.88 bits per heavy atom. The Balaban J connectivity index is 1.83. The fraction of sp³-hybridized carbons (Fsp3) is 0.133. The van der Waals surface area contributed by atoms with Crippen LogP contribution in [0.25, 0.3) is 16.3 Å². The predicted molar refractivity (Wildman–Crippen MR) is 88.6 cm³/mol. The molecule has 0 saturated carbocycles. The topological polar surface area (TPSA) is 106 Å². The highest BCUT2D eigenvalue weighted by molar-refractivity contribution is 5.67. The van der Waals surface area contributed by atoms with Gasteiger partial charge in [-0.05, 0) is 26.0 Å². The summed E-state index contributed by atoms with van der Waals surface area (Å²) in [5, 5.41) is 24.1. The fourth-order valence-corrected chi connectivity index (χ4v) is 2.40. The monoisotopic (exact) mass is 332 g/mol. The smallest absolute Gasteiger partial charge is 0.252 e. The molecule has 10 nitrogen and oxygen atoms in total. The number of pyridine rings is 1. The van der Waals surface area contributed by atoms with Crippen LogP contribution in [0.5, 0.6) is 0 Å². The van der Waals surface area contributed by atoms with Crippen LogP contribution in [-0.2, 0) is 0 Å². The first kappa shape index (κ1) is 14.7. The lowest BCUT2D eigenvalue weighted by Gasteiger charge is -2.02. The molecule has 0 saturated heterocycles. The van der Waals surface area contributed by atoms with Gasteiger partial charge in [0.25, 0.3) is 5.69 Å². The van der Waals surface area contributed by atoms with Gasteiger partial charge < -0.3 is 0 Å². The second kappa shape index (κ2) is 5.64. The summed E-state index contributed by atoms with van der Waals surface area (Å²) in [5.41, 5.74) is 2.20. The highest BCUT2D eigenvalue weighted by atomic mass is 15.4. The molecule has 25 heavy (non-hydrogen) atoms. The average molecular weight is 332 g/mol. The van der Waals surface area contributed by atoms with Crippen molar-refractivity contribution in [2.75, 3.05) is 0 Å². The predicted octanol–water partition coefficient (Wildman–Crippen LogP) is 3.22. The summed E-state index contributed by atoms with van der Waals surface area (Å²) in [6.45, 7) is 11.0. The van der Waals surface area contributed by atoms with E-state index in [0.717, 1.165) is 5.82 Å². The first-order valence-electron chi connectivity index (χ1n) is 7.38. The summed E-state index contributed by atoms with van der Waals surface area (Å²) in [6, 6.07) is 5.42. The molecule has 0 amide bonds. The zero-order chi connectivity index (χ0) is 17.4. The van der Waals surface area contributed by atoms with Gasteiger partial charge in [0.1, 0.15) is 5.82 Å². The largest absolute Gasteiger partial charge is 0.258 e. The minimum atomic E-state index is 0.288. The molecule has 0 atom stereocenters. The highest BCUT2D eigenvalue weighted by Gasteiger charge is 2.16. The molecule has 122 valence electrons. The van der Waals surface area contributed by atoms with Gasteiger partial charge in [0.15, 0.2) is 23.0 Å². The van der Waals surface area contributed by atoms with Crippen molar-refractivity contribution in [2.45, 2.75) is 13.8 Å². The lowest BCUT2D eigenvalue weighted by Crippen LogP contribution is -1.97. The Bertz CT molecular complexity index is 1120. The maximum atomic E-state index is 7.31. The van der Waals surface area contributed by atoms with Gasteiger partial charge in [-0.25, -0.2) is 14.5 Å². The van der Waals surface area contributed by atoms with Crippen LogP contribution in [0, 0.1) is 20.4 Å².